The number of nitrogens with zero attached hydrogens (tertiary/aromatic N) is 2. The third-order valence-corrected chi connectivity index (χ3v) is 5.66. The van der Waals surface area contributed by atoms with Crippen LogP contribution in [0.3, 0.4) is 0 Å². The van der Waals surface area contributed by atoms with Gasteiger partial charge in [-0.1, -0.05) is 18.2 Å². The van der Waals surface area contributed by atoms with Crippen LogP contribution in [0.5, 0.6) is 0 Å². The Morgan fingerprint density at radius 1 is 1.14 bits per heavy atom. The molecule has 2 rings (SSSR count). The van der Waals surface area contributed by atoms with Crippen LogP contribution in [0.1, 0.15) is 6.92 Å². The van der Waals surface area contributed by atoms with Gasteiger partial charge in [0.05, 0.1) is 12.0 Å². The summed E-state index contributed by atoms with van der Waals surface area (Å²) in [6.07, 6.45) is 0. The van der Waals surface area contributed by atoms with Crippen LogP contribution in [0.2, 0.25) is 0 Å². The molecule has 0 bridgehead atoms. The molecule has 1 atom stereocenters. The van der Waals surface area contributed by atoms with Gasteiger partial charge in [-0.3, -0.25) is 9.69 Å². The zero-order chi connectivity index (χ0) is 15.5. The molecule has 1 saturated heterocycles. The number of benzene rings is 1. The molecule has 1 aromatic carbocycles. The van der Waals surface area contributed by atoms with Gasteiger partial charge < -0.3 is 4.74 Å². The second-order valence-corrected chi connectivity index (χ2v) is 6.89. The molecule has 21 heavy (non-hydrogen) atoms. The van der Waals surface area contributed by atoms with Crippen LogP contribution < -0.4 is 0 Å². The first-order valence-corrected chi connectivity index (χ1v) is 8.28. The maximum atomic E-state index is 12.5. The van der Waals surface area contributed by atoms with E-state index in [0.29, 0.717) is 31.1 Å². The average molecular weight is 312 g/mol. The number of piperazine rings is 1. The Hall–Kier alpha value is -1.44. The quantitative estimate of drug-likeness (QED) is 0.760. The summed E-state index contributed by atoms with van der Waals surface area (Å²) in [7, 11) is -2.09. The Morgan fingerprint density at radius 3 is 2.24 bits per heavy atom. The van der Waals surface area contributed by atoms with Crippen molar-refractivity contribution in [2.75, 3.05) is 33.3 Å². The van der Waals surface area contributed by atoms with Crippen molar-refractivity contribution in [1.29, 1.82) is 0 Å². The summed E-state index contributed by atoms with van der Waals surface area (Å²) in [5.41, 5.74) is 0. The summed E-state index contributed by atoms with van der Waals surface area (Å²) >= 11 is 0. The number of hydrogen-bond acceptors (Lipinski definition) is 5. The van der Waals surface area contributed by atoms with Crippen molar-refractivity contribution in [2.45, 2.75) is 17.9 Å². The van der Waals surface area contributed by atoms with Crippen molar-refractivity contribution in [3.05, 3.63) is 30.3 Å². The second-order valence-electron chi connectivity index (χ2n) is 4.95. The summed E-state index contributed by atoms with van der Waals surface area (Å²) < 4.78 is 31.1. The highest BCUT2D eigenvalue weighted by Gasteiger charge is 2.31. The lowest BCUT2D eigenvalue weighted by Gasteiger charge is -2.36. The first kappa shape index (κ1) is 15.9. The van der Waals surface area contributed by atoms with E-state index in [9.17, 15) is 13.2 Å². The van der Waals surface area contributed by atoms with Crippen LogP contribution in [-0.4, -0.2) is 62.9 Å². The van der Waals surface area contributed by atoms with Gasteiger partial charge in [-0.05, 0) is 19.1 Å². The molecule has 116 valence electrons. The van der Waals surface area contributed by atoms with Crippen LogP contribution in [0.25, 0.3) is 0 Å². The van der Waals surface area contributed by atoms with Crippen molar-refractivity contribution in [3.63, 3.8) is 0 Å². The number of hydrogen-bond donors (Lipinski definition) is 0. The zero-order valence-electron chi connectivity index (χ0n) is 12.2. The molecule has 1 heterocycles. The molecule has 0 saturated carbocycles. The van der Waals surface area contributed by atoms with Gasteiger partial charge in [-0.15, -0.1) is 0 Å². The highest BCUT2D eigenvalue weighted by Crippen LogP contribution is 2.18. The summed E-state index contributed by atoms with van der Waals surface area (Å²) in [5, 5.41) is 0. The summed E-state index contributed by atoms with van der Waals surface area (Å²) in [6, 6.07) is 8.05. The zero-order valence-corrected chi connectivity index (χ0v) is 13.0. The number of carbonyl (C=O) groups excluding carboxylic acids is 1. The Balaban J connectivity index is 2.03. The number of carbonyl (C=O) groups is 1. The SMILES string of the molecule is COC(=O)C(C)N1CCN(S(=O)(=O)c2ccccc2)CC1. The standard InChI is InChI=1S/C14H20N2O4S/c1-12(14(17)20-2)15-8-10-16(11-9-15)21(18,19)13-6-4-3-5-7-13/h3-7,12H,8-11H2,1-2H3. The van der Waals surface area contributed by atoms with Crippen molar-refractivity contribution in [1.82, 2.24) is 9.21 Å². The maximum Gasteiger partial charge on any atom is 0.322 e. The predicted octanol–water partition coefficient (Wildman–Crippen LogP) is 0.554. The van der Waals surface area contributed by atoms with Gasteiger partial charge in [0.25, 0.3) is 0 Å². The highest BCUT2D eigenvalue weighted by molar-refractivity contribution is 7.89. The summed E-state index contributed by atoms with van der Waals surface area (Å²) in [5.74, 6) is -0.297. The minimum Gasteiger partial charge on any atom is -0.468 e. The van der Waals surface area contributed by atoms with Gasteiger partial charge in [-0.25, -0.2) is 8.42 Å². The summed E-state index contributed by atoms with van der Waals surface area (Å²) in [4.78, 5) is 13.8. The van der Waals surface area contributed by atoms with Gasteiger partial charge >= 0.3 is 5.97 Å². The van der Waals surface area contributed by atoms with E-state index in [1.807, 2.05) is 4.90 Å². The predicted molar refractivity (Wildman–Crippen MR) is 78.3 cm³/mol. The molecule has 0 radical (unpaired) electrons. The van der Waals surface area contributed by atoms with E-state index in [4.69, 9.17) is 4.74 Å². The van der Waals surface area contributed by atoms with Gasteiger partial charge in [0, 0.05) is 26.2 Å². The van der Waals surface area contributed by atoms with Gasteiger partial charge in [0.15, 0.2) is 0 Å². The number of ether oxygens (including phenoxy) is 1. The molecule has 0 amide bonds. The number of rotatable bonds is 4. The van der Waals surface area contributed by atoms with E-state index >= 15 is 0 Å². The number of sulfonamides is 1. The van der Waals surface area contributed by atoms with E-state index in [-0.39, 0.29) is 12.0 Å². The molecule has 0 spiro atoms. The molecule has 1 unspecified atom stereocenters. The molecular weight excluding hydrogens is 292 g/mol. The van der Waals surface area contributed by atoms with Crippen molar-refractivity contribution in [3.8, 4) is 0 Å². The molecule has 0 aromatic heterocycles. The molecule has 1 aliphatic heterocycles. The average Bonchev–Trinajstić information content (AvgIpc) is 2.54. The summed E-state index contributed by atoms with van der Waals surface area (Å²) in [6.45, 7) is 3.55. The fourth-order valence-corrected chi connectivity index (χ4v) is 3.84. The van der Waals surface area contributed by atoms with Crippen LogP contribution in [0, 0.1) is 0 Å². The fraction of sp³-hybridized carbons (Fsp3) is 0.500. The first-order chi connectivity index (χ1) is 9.96. The molecule has 1 fully saturated rings. The first-order valence-electron chi connectivity index (χ1n) is 6.84. The van der Waals surface area contributed by atoms with E-state index in [0.717, 1.165) is 0 Å². The third kappa shape index (κ3) is 3.42. The van der Waals surface area contributed by atoms with E-state index in [2.05, 4.69) is 0 Å². The van der Waals surface area contributed by atoms with Gasteiger partial charge in [0.2, 0.25) is 10.0 Å². The molecule has 0 aliphatic carbocycles. The van der Waals surface area contributed by atoms with Crippen LogP contribution >= 0.6 is 0 Å². The van der Waals surface area contributed by atoms with E-state index < -0.39 is 10.0 Å². The number of methoxy groups -OCH3 is 1. The van der Waals surface area contributed by atoms with Gasteiger partial charge in [-0.2, -0.15) is 4.31 Å². The largest absolute Gasteiger partial charge is 0.468 e. The Morgan fingerprint density at radius 2 is 1.71 bits per heavy atom. The van der Waals surface area contributed by atoms with Gasteiger partial charge in [0.1, 0.15) is 6.04 Å². The van der Waals surface area contributed by atoms with Crippen LogP contribution in [0.15, 0.2) is 35.2 Å². The van der Waals surface area contributed by atoms with E-state index in [1.165, 1.54) is 11.4 Å². The second kappa shape index (κ2) is 6.55. The maximum absolute atomic E-state index is 12.5. The Labute approximate surface area is 125 Å². The van der Waals surface area contributed by atoms with Crippen molar-refractivity contribution < 1.29 is 17.9 Å². The fourth-order valence-electron chi connectivity index (χ4n) is 2.39. The molecular formula is C14H20N2O4S. The van der Waals surface area contributed by atoms with Crippen molar-refractivity contribution in [2.24, 2.45) is 0 Å². The normalized spacial score (nSPS) is 19.1. The van der Waals surface area contributed by atoms with Crippen molar-refractivity contribution >= 4 is 16.0 Å². The lowest BCUT2D eigenvalue weighted by molar-refractivity contribution is -0.146. The minimum atomic E-state index is -3.45. The molecule has 6 nitrogen and oxygen atoms in total. The topological polar surface area (TPSA) is 66.9 Å². The lowest BCUT2D eigenvalue weighted by atomic mass is 10.2. The monoisotopic (exact) mass is 312 g/mol. The molecule has 1 aromatic rings. The third-order valence-electron chi connectivity index (χ3n) is 3.74. The molecule has 0 N–H and O–H groups in total. The minimum absolute atomic E-state index is 0.297. The lowest BCUT2D eigenvalue weighted by Crippen LogP contribution is -2.53. The molecule has 1 aliphatic rings. The van der Waals surface area contributed by atoms with E-state index in [1.54, 1.807) is 37.3 Å². The number of esters is 1. The Kier molecular flexibility index (Phi) is 4.97. The van der Waals surface area contributed by atoms with Crippen LogP contribution in [0.4, 0.5) is 0 Å². The smallest absolute Gasteiger partial charge is 0.322 e. The van der Waals surface area contributed by atoms with Crippen LogP contribution in [-0.2, 0) is 19.6 Å². The Bertz CT molecular complexity index is 580. The molecule has 7 heteroatoms. The highest BCUT2D eigenvalue weighted by atomic mass is 32.2.